The standard InChI is InChI=1S/C10H13BrNO6P/c1-17-19(16,18-2)10(13,7-12(14)15)8-4-3-5-9(11)6-8/h3-6,13H,7H2,1-2H3. The number of aliphatic hydroxyl groups is 1. The zero-order valence-electron chi connectivity index (χ0n) is 10.3. The van der Waals surface area contributed by atoms with Crippen LogP contribution in [-0.4, -0.2) is 30.8 Å². The van der Waals surface area contributed by atoms with E-state index >= 15 is 0 Å². The maximum absolute atomic E-state index is 12.4. The highest BCUT2D eigenvalue weighted by atomic mass is 79.9. The van der Waals surface area contributed by atoms with Gasteiger partial charge in [0, 0.05) is 29.2 Å². The van der Waals surface area contributed by atoms with E-state index in [1.54, 1.807) is 12.1 Å². The van der Waals surface area contributed by atoms with Gasteiger partial charge in [0.2, 0.25) is 6.54 Å². The third-order valence-electron chi connectivity index (χ3n) is 2.57. The number of nitrogens with zero attached hydrogens (tertiary/aromatic N) is 1. The number of halogens is 1. The van der Waals surface area contributed by atoms with E-state index in [9.17, 15) is 19.8 Å². The molecule has 0 aromatic heterocycles. The van der Waals surface area contributed by atoms with Gasteiger partial charge in [0.25, 0.3) is 5.34 Å². The van der Waals surface area contributed by atoms with Gasteiger partial charge in [0.1, 0.15) is 0 Å². The van der Waals surface area contributed by atoms with Crippen LogP contribution >= 0.6 is 23.5 Å². The van der Waals surface area contributed by atoms with Crippen molar-refractivity contribution < 1.29 is 23.6 Å². The Labute approximate surface area is 118 Å². The van der Waals surface area contributed by atoms with Crippen molar-refractivity contribution in [3.05, 3.63) is 44.4 Å². The van der Waals surface area contributed by atoms with Crippen LogP contribution in [0.15, 0.2) is 28.7 Å². The fraction of sp³-hybridized carbons (Fsp3) is 0.400. The Kier molecular flexibility index (Phi) is 5.23. The molecule has 1 aromatic rings. The topological polar surface area (TPSA) is 98.9 Å². The molecule has 1 unspecified atom stereocenters. The lowest BCUT2D eigenvalue weighted by Gasteiger charge is -2.30. The summed E-state index contributed by atoms with van der Waals surface area (Å²) in [6.07, 6.45) is 0. The van der Waals surface area contributed by atoms with E-state index in [2.05, 4.69) is 15.9 Å². The average molecular weight is 354 g/mol. The molecule has 0 bridgehead atoms. The van der Waals surface area contributed by atoms with Gasteiger partial charge in [0.15, 0.2) is 0 Å². The van der Waals surface area contributed by atoms with Crippen LogP contribution in [-0.2, 0) is 19.0 Å². The van der Waals surface area contributed by atoms with Crippen molar-refractivity contribution in [3.8, 4) is 0 Å². The second-order valence-electron chi connectivity index (χ2n) is 3.68. The van der Waals surface area contributed by atoms with Crippen LogP contribution in [0, 0.1) is 10.1 Å². The fourth-order valence-electron chi connectivity index (χ4n) is 1.63. The molecule has 0 aliphatic rings. The summed E-state index contributed by atoms with van der Waals surface area (Å²) < 4.78 is 22.4. The predicted molar refractivity (Wildman–Crippen MR) is 71.5 cm³/mol. The normalized spacial score (nSPS) is 14.9. The summed E-state index contributed by atoms with van der Waals surface area (Å²) >= 11 is 3.18. The van der Waals surface area contributed by atoms with Gasteiger partial charge in [-0.05, 0) is 12.1 Å². The lowest BCUT2D eigenvalue weighted by molar-refractivity contribution is -0.496. The highest BCUT2D eigenvalue weighted by Crippen LogP contribution is 2.62. The van der Waals surface area contributed by atoms with E-state index in [-0.39, 0.29) is 5.56 Å². The van der Waals surface area contributed by atoms with Crippen LogP contribution in [0.5, 0.6) is 0 Å². The molecule has 0 saturated carbocycles. The summed E-state index contributed by atoms with van der Waals surface area (Å²) in [6.45, 7) is -0.998. The third kappa shape index (κ3) is 3.21. The molecule has 0 fully saturated rings. The Morgan fingerprint density at radius 3 is 2.47 bits per heavy atom. The zero-order valence-corrected chi connectivity index (χ0v) is 12.8. The van der Waals surface area contributed by atoms with E-state index in [1.165, 1.54) is 12.1 Å². The quantitative estimate of drug-likeness (QED) is 0.478. The summed E-state index contributed by atoms with van der Waals surface area (Å²) in [5, 5.41) is 18.9. The highest BCUT2D eigenvalue weighted by Gasteiger charge is 2.54. The molecule has 19 heavy (non-hydrogen) atoms. The fourth-order valence-corrected chi connectivity index (χ4v) is 3.53. The minimum atomic E-state index is -4.11. The summed E-state index contributed by atoms with van der Waals surface area (Å²) in [7, 11) is -1.98. The van der Waals surface area contributed by atoms with E-state index in [4.69, 9.17) is 9.05 Å². The lowest BCUT2D eigenvalue weighted by Crippen LogP contribution is -2.35. The second-order valence-corrected chi connectivity index (χ2v) is 7.06. The first-order chi connectivity index (χ1) is 8.79. The molecule has 0 heterocycles. The van der Waals surface area contributed by atoms with E-state index in [1.807, 2.05) is 0 Å². The molecule has 9 heteroatoms. The number of benzene rings is 1. The molecule has 0 amide bonds. The van der Waals surface area contributed by atoms with Crippen molar-refractivity contribution in [2.24, 2.45) is 0 Å². The third-order valence-corrected chi connectivity index (χ3v) is 5.33. The van der Waals surface area contributed by atoms with Gasteiger partial charge in [-0.25, -0.2) is 0 Å². The predicted octanol–water partition coefficient (Wildman–Crippen LogP) is 2.36. The molecule has 1 atom stereocenters. The largest absolute Gasteiger partial charge is 0.372 e. The van der Waals surface area contributed by atoms with Gasteiger partial charge >= 0.3 is 7.60 Å². The summed E-state index contributed by atoms with van der Waals surface area (Å²) in [6, 6.07) is 6.06. The van der Waals surface area contributed by atoms with E-state index < -0.39 is 24.4 Å². The lowest BCUT2D eigenvalue weighted by atomic mass is 10.1. The summed E-state index contributed by atoms with van der Waals surface area (Å²) in [5.74, 6) is 0. The van der Waals surface area contributed by atoms with Crippen molar-refractivity contribution in [2.45, 2.75) is 5.34 Å². The SMILES string of the molecule is COP(=O)(OC)C(O)(C[N+](=O)[O-])c1cccc(Br)c1. The highest BCUT2D eigenvalue weighted by molar-refractivity contribution is 9.10. The molecule has 106 valence electrons. The molecule has 0 saturated heterocycles. The Morgan fingerprint density at radius 1 is 1.47 bits per heavy atom. The molecular weight excluding hydrogens is 341 g/mol. The second kappa shape index (κ2) is 6.11. The van der Waals surface area contributed by atoms with Crippen LogP contribution in [0.3, 0.4) is 0 Å². The van der Waals surface area contributed by atoms with Crippen LogP contribution in [0.4, 0.5) is 0 Å². The van der Waals surface area contributed by atoms with Crippen LogP contribution in [0.2, 0.25) is 0 Å². The zero-order chi connectivity index (χ0) is 14.7. The van der Waals surface area contributed by atoms with Crippen molar-refractivity contribution >= 4 is 23.5 Å². The number of rotatable bonds is 6. The molecule has 0 aliphatic heterocycles. The van der Waals surface area contributed by atoms with E-state index in [0.717, 1.165) is 14.2 Å². The van der Waals surface area contributed by atoms with Crippen LogP contribution in [0.1, 0.15) is 5.56 Å². The van der Waals surface area contributed by atoms with Gasteiger partial charge in [-0.1, -0.05) is 28.1 Å². The molecular formula is C10H13BrNO6P. The molecule has 0 spiro atoms. The first kappa shape index (κ1) is 16.3. The number of nitro groups is 1. The molecule has 1 N–H and O–H groups in total. The number of hydrogen-bond donors (Lipinski definition) is 1. The molecule has 0 aliphatic carbocycles. The van der Waals surface area contributed by atoms with Crippen LogP contribution in [0.25, 0.3) is 0 Å². The number of hydrogen-bond acceptors (Lipinski definition) is 6. The minimum absolute atomic E-state index is 0.0746. The monoisotopic (exact) mass is 353 g/mol. The maximum atomic E-state index is 12.4. The van der Waals surface area contributed by atoms with Gasteiger partial charge < -0.3 is 14.2 Å². The maximum Gasteiger partial charge on any atom is 0.372 e. The van der Waals surface area contributed by atoms with Crippen molar-refractivity contribution in [1.29, 1.82) is 0 Å². The van der Waals surface area contributed by atoms with Crippen LogP contribution < -0.4 is 0 Å². The average Bonchev–Trinajstić information content (AvgIpc) is 2.36. The molecule has 1 rings (SSSR count). The summed E-state index contributed by atoms with van der Waals surface area (Å²) in [4.78, 5) is 9.98. The molecule has 1 aromatic carbocycles. The van der Waals surface area contributed by atoms with Gasteiger partial charge in [-0.3, -0.25) is 14.7 Å². The first-order valence-electron chi connectivity index (χ1n) is 5.11. The molecule has 0 radical (unpaired) electrons. The summed E-state index contributed by atoms with van der Waals surface area (Å²) in [5.41, 5.74) is 0.0746. The Balaban J connectivity index is 3.43. The van der Waals surface area contributed by atoms with E-state index in [0.29, 0.717) is 4.47 Å². The molecule has 7 nitrogen and oxygen atoms in total. The van der Waals surface area contributed by atoms with Gasteiger partial charge in [0.05, 0.1) is 0 Å². The minimum Gasteiger partial charge on any atom is -0.368 e. The van der Waals surface area contributed by atoms with Gasteiger partial charge in [-0.15, -0.1) is 0 Å². The Morgan fingerprint density at radius 2 is 2.05 bits per heavy atom. The Hall–Kier alpha value is -0.790. The van der Waals surface area contributed by atoms with Crippen molar-refractivity contribution in [1.82, 2.24) is 0 Å². The van der Waals surface area contributed by atoms with Crippen molar-refractivity contribution in [2.75, 3.05) is 20.8 Å². The van der Waals surface area contributed by atoms with Crippen molar-refractivity contribution in [3.63, 3.8) is 0 Å². The first-order valence-corrected chi connectivity index (χ1v) is 7.44. The van der Waals surface area contributed by atoms with Gasteiger partial charge in [-0.2, -0.15) is 0 Å². The smallest absolute Gasteiger partial charge is 0.368 e. The Bertz CT molecular complexity index is 516.